The predicted molar refractivity (Wildman–Crippen MR) is 144 cm³/mol. The van der Waals surface area contributed by atoms with Gasteiger partial charge in [0, 0.05) is 6.21 Å². The number of hydrogen-bond acceptors (Lipinski definition) is 6. The summed E-state index contributed by atoms with van der Waals surface area (Å²) in [6.07, 6.45) is 1.28. The lowest BCUT2D eigenvalue weighted by Crippen LogP contribution is -2.28. The summed E-state index contributed by atoms with van der Waals surface area (Å²) in [7, 11) is 0. The van der Waals surface area contributed by atoms with Gasteiger partial charge in [0.25, 0.3) is 0 Å². The maximum absolute atomic E-state index is 12.4. The molecule has 3 aromatic rings. The van der Waals surface area contributed by atoms with Crippen molar-refractivity contribution in [1.82, 2.24) is 0 Å². The van der Waals surface area contributed by atoms with Gasteiger partial charge < -0.3 is 15.3 Å². The third kappa shape index (κ3) is 5.29. The first kappa shape index (κ1) is 25.0. The largest absolute Gasteiger partial charge is 0.481 e. The molecular weight excluding hydrogens is 504 g/mol. The Morgan fingerprint density at radius 2 is 1.71 bits per heavy atom. The van der Waals surface area contributed by atoms with Crippen LogP contribution in [0.3, 0.4) is 0 Å². The van der Waals surface area contributed by atoms with E-state index >= 15 is 0 Å². The number of carbonyl (C=O) groups excluding carboxylic acids is 1. The number of ether oxygens (including phenoxy) is 1. The second-order valence-corrected chi connectivity index (χ2v) is 10.4. The topological polar surface area (TPSA) is 99.5 Å². The van der Waals surface area contributed by atoms with Crippen molar-refractivity contribution in [2.75, 3.05) is 5.32 Å². The van der Waals surface area contributed by atoms with Crippen LogP contribution in [0.15, 0.2) is 54.6 Å². The molecule has 1 aliphatic rings. The maximum atomic E-state index is 12.4. The van der Waals surface area contributed by atoms with Gasteiger partial charge in [-0.05, 0) is 53.5 Å². The normalized spacial score (nSPS) is 15.5. The van der Waals surface area contributed by atoms with Gasteiger partial charge in [0.1, 0.15) is 6.10 Å². The van der Waals surface area contributed by atoms with Gasteiger partial charge >= 0.3 is 12.1 Å². The highest BCUT2D eigenvalue weighted by atomic mass is 35.5. The van der Waals surface area contributed by atoms with E-state index in [9.17, 15) is 14.7 Å². The number of thiophene rings is 1. The Bertz CT molecular complexity index is 1260. The quantitative estimate of drug-likeness (QED) is 0.205. The number of carboxylic acid groups (broad SMARTS) is 1. The fourth-order valence-corrected chi connectivity index (χ4v) is 5.37. The number of carbonyl (C=O) groups is 2. The number of amides is 1. The van der Waals surface area contributed by atoms with Crippen LogP contribution in [0.25, 0.3) is 21.6 Å². The van der Waals surface area contributed by atoms with Crippen LogP contribution >= 0.6 is 35.2 Å². The summed E-state index contributed by atoms with van der Waals surface area (Å²) < 4.78 is 5.87. The molecule has 1 aliphatic carbocycles. The molecule has 0 bridgehead atoms. The minimum absolute atomic E-state index is 0.443. The molecule has 0 spiro atoms. The van der Waals surface area contributed by atoms with E-state index in [1.54, 1.807) is 13.0 Å². The van der Waals surface area contributed by atoms with E-state index in [-0.39, 0.29) is 0 Å². The number of anilines is 1. The highest BCUT2D eigenvalue weighted by Gasteiger charge is 2.51. The van der Waals surface area contributed by atoms with Crippen molar-refractivity contribution in [1.29, 1.82) is 5.41 Å². The van der Waals surface area contributed by atoms with Crippen LogP contribution in [0.4, 0.5) is 10.5 Å². The molecule has 2 aromatic carbocycles. The molecule has 2 atom stereocenters. The van der Waals surface area contributed by atoms with E-state index in [1.807, 2.05) is 48.5 Å². The van der Waals surface area contributed by atoms with Gasteiger partial charge in [0.05, 0.1) is 26.2 Å². The standard InChI is InChI=1S/C26H23ClN2O4S2/c1-15(19(13-28)14-34)33-25(32)29-21-12-22(27)35-23(21)18-4-2-16(3-5-18)17-6-8-20(9-7-17)26(10-11-26)24(30)31/h2-9,12-15,19,28H,10-11H2,1H3,(H,29,32)(H,30,31). The van der Waals surface area contributed by atoms with Gasteiger partial charge in [-0.2, -0.15) is 0 Å². The lowest BCUT2D eigenvalue weighted by Gasteiger charge is -2.17. The highest BCUT2D eigenvalue weighted by Crippen LogP contribution is 2.48. The zero-order valence-electron chi connectivity index (χ0n) is 18.8. The number of nitrogens with one attached hydrogen (secondary N) is 2. The van der Waals surface area contributed by atoms with Crippen molar-refractivity contribution in [2.45, 2.75) is 31.3 Å². The summed E-state index contributed by atoms with van der Waals surface area (Å²) in [5.41, 5.74) is 3.52. The van der Waals surface area contributed by atoms with E-state index in [2.05, 4.69) is 5.32 Å². The number of rotatable bonds is 9. The molecule has 1 saturated carbocycles. The predicted octanol–water partition coefficient (Wildman–Crippen LogP) is 7.05. The molecule has 0 saturated heterocycles. The molecule has 1 amide bonds. The van der Waals surface area contributed by atoms with Crippen molar-refractivity contribution in [2.24, 2.45) is 5.92 Å². The lowest BCUT2D eigenvalue weighted by atomic mass is 9.93. The van der Waals surface area contributed by atoms with E-state index in [0.717, 1.165) is 33.3 Å². The summed E-state index contributed by atoms with van der Waals surface area (Å²) in [6, 6.07) is 17.2. The number of carboxylic acids is 1. The molecule has 1 fully saturated rings. The van der Waals surface area contributed by atoms with Crippen LogP contribution in [-0.4, -0.2) is 34.9 Å². The van der Waals surface area contributed by atoms with Gasteiger partial charge in [-0.15, -0.1) is 11.3 Å². The van der Waals surface area contributed by atoms with E-state index in [4.69, 9.17) is 34.0 Å². The van der Waals surface area contributed by atoms with Crippen molar-refractivity contribution in [3.8, 4) is 21.6 Å². The summed E-state index contributed by atoms with van der Waals surface area (Å²) in [6.45, 7) is 1.68. The Morgan fingerprint density at radius 3 is 2.23 bits per heavy atom. The minimum Gasteiger partial charge on any atom is -0.481 e. The van der Waals surface area contributed by atoms with Gasteiger partial charge in [0.2, 0.25) is 0 Å². The first-order chi connectivity index (χ1) is 16.8. The summed E-state index contributed by atoms with van der Waals surface area (Å²) in [5.74, 6) is -1.21. The molecule has 3 N–H and O–H groups in total. The molecule has 1 heterocycles. The number of halogens is 1. The average Bonchev–Trinajstić information content (AvgIpc) is 3.58. The van der Waals surface area contributed by atoms with Crippen molar-refractivity contribution in [3.63, 3.8) is 0 Å². The van der Waals surface area contributed by atoms with Crippen molar-refractivity contribution in [3.05, 3.63) is 64.5 Å². The molecule has 2 unspecified atom stereocenters. The smallest absolute Gasteiger partial charge is 0.411 e. The molecule has 180 valence electrons. The number of hydrogen-bond donors (Lipinski definition) is 3. The third-order valence-corrected chi connectivity index (χ3v) is 7.83. The van der Waals surface area contributed by atoms with Gasteiger partial charge in [0.15, 0.2) is 0 Å². The zero-order valence-corrected chi connectivity index (χ0v) is 21.2. The van der Waals surface area contributed by atoms with Gasteiger partial charge in [-0.1, -0.05) is 72.3 Å². The van der Waals surface area contributed by atoms with E-state index < -0.39 is 29.5 Å². The van der Waals surface area contributed by atoms with E-state index in [0.29, 0.717) is 22.9 Å². The molecule has 6 nitrogen and oxygen atoms in total. The summed E-state index contributed by atoms with van der Waals surface area (Å²) in [5, 5.41) is 21.0. The molecule has 0 radical (unpaired) electrons. The van der Waals surface area contributed by atoms with Crippen LogP contribution in [0, 0.1) is 11.3 Å². The summed E-state index contributed by atoms with van der Waals surface area (Å²) >= 11 is 12.5. The Hall–Kier alpha value is -3.07. The van der Waals surface area contributed by atoms with Crippen LogP contribution in [0.1, 0.15) is 25.3 Å². The fraction of sp³-hybridized carbons (Fsp3) is 0.231. The molecular formula is C26H23ClN2O4S2. The first-order valence-electron chi connectivity index (χ1n) is 10.9. The van der Waals surface area contributed by atoms with Crippen molar-refractivity contribution < 1.29 is 19.4 Å². The second kappa shape index (κ2) is 10.3. The number of thiocarbonyl (C=S) groups is 1. The third-order valence-electron chi connectivity index (χ3n) is 6.20. The highest BCUT2D eigenvalue weighted by molar-refractivity contribution is 7.79. The minimum atomic E-state index is -0.764. The molecule has 1 aromatic heterocycles. The van der Waals surface area contributed by atoms with Crippen molar-refractivity contribution >= 4 is 64.5 Å². The SMILES string of the molecule is CC(OC(=O)Nc1cc(Cl)sc1-c1ccc(-c2ccc(C3(C(=O)O)CC3)cc2)cc1)C(C=N)C=S. The average molecular weight is 527 g/mol. The molecule has 0 aliphatic heterocycles. The van der Waals surface area contributed by atoms with Crippen LogP contribution in [0.2, 0.25) is 4.34 Å². The maximum Gasteiger partial charge on any atom is 0.411 e. The van der Waals surface area contributed by atoms with Crippen LogP contribution in [0.5, 0.6) is 0 Å². The Labute approximate surface area is 217 Å². The second-order valence-electron chi connectivity index (χ2n) is 8.45. The fourth-order valence-electron chi connectivity index (χ4n) is 3.89. The zero-order chi connectivity index (χ0) is 25.2. The van der Waals surface area contributed by atoms with Gasteiger partial charge in [-0.3, -0.25) is 10.1 Å². The molecule has 9 heteroatoms. The Kier molecular flexibility index (Phi) is 7.35. The number of aliphatic carboxylic acids is 1. The summed E-state index contributed by atoms with van der Waals surface area (Å²) in [4.78, 5) is 24.8. The Morgan fingerprint density at radius 1 is 1.14 bits per heavy atom. The van der Waals surface area contributed by atoms with Crippen LogP contribution < -0.4 is 5.32 Å². The van der Waals surface area contributed by atoms with E-state index in [1.165, 1.54) is 16.7 Å². The first-order valence-corrected chi connectivity index (χ1v) is 12.6. The van der Waals surface area contributed by atoms with Crippen LogP contribution in [-0.2, 0) is 14.9 Å². The van der Waals surface area contributed by atoms with Gasteiger partial charge in [-0.25, -0.2) is 4.79 Å². The lowest BCUT2D eigenvalue weighted by molar-refractivity contribution is -0.140. The molecule has 4 rings (SSSR count). The monoisotopic (exact) mass is 526 g/mol. The molecule has 35 heavy (non-hydrogen) atoms. The number of benzene rings is 2. The Balaban J connectivity index is 1.49.